The van der Waals surface area contributed by atoms with Crippen LogP contribution >= 0.6 is 0 Å². The number of hydrogen-bond acceptors (Lipinski definition) is 7. The molecule has 1 fully saturated rings. The summed E-state index contributed by atoms with van der Waals surface area (Å²) in [6, 6.07) is 1.24. The second-order valence-electron chi connectivity index (χ2n) is 7.98. The fourth-order valence-electron chi connectivity index (χ4n) is 4.06. The van der Waals surface area contributed by atoms with Crippen molar-refractivity contribution < 1.29 is 13.9 Å². The van der Waals surface area contributed by atoms with Gasteiger partial charge in [0.25, 0.3) is 5.91 Å². The van der Waals surface area contributed by atoms with Crippen molar-refractivity contribution in [1.82, 2.24) is 24.7 Å². The zero-order chi connectivity index (χ0) is 22.7. The van der Waals surface area contributed by atoms with E-state index in [1.54, 1.807) is 23.7 Å². The van der Waals surface area contributed by atoms with Gasteiger partial charge in [0.1, 0.15) is 5.56 Å². The number of anilines is 2. The molecule has 10 heteroatoms. The zero-order valence-corrected chi connectivity index (χ0v) is 18.6. The van der Waals surface area contributed by atoms with Crippen LogP contribution < -0.4 is 20.3 Å². The number of nitrogens with one attached hydrogen (secondary N) is 2. The number of nitrogens with zero attached hydrogens (tertiary/aromatic N) is 5. The predicted octanol–water partition coefficient (Wildman–Crippen LogP) is 2.66. The summed E-state index contributed by atoms with van der Waals surface area (Å²) in [4.78, 5) is 28.2. The molecule has 1 atom stereocenters. The molecule has 0 radical (unpaired) electrons. The van der Waals surface area contributed by atoms with E-state index in [1.165, 1.54) is 12.3 Å². The summed E-state index contributed by atoms with van der Waals surface area (Å²) >= 11 is 0. The third-order valence-corrected chi connectivity index (χ3v) is 5.45. The predicted molar refractivity (Wildman–Crippen MR) is 120 cm³/mol. The lowest BCUT2D eigenvalue weighted by molar-refractivity contribution is 0.102. The third-order valence-electron chi connectivity index (χ3n) is 5.45. The topological polar surface area (TPSA) is 96.7 Å². The van der Waals surface area contributed by atoms with Gasteiger partial charge in [0.2, 0.25) is 11.8 Å². The maximum Gasteiger partial charge on any atom is 0.262 e. The van der Waals surface area contributed by atoms with Crippen LogP contribution in [0.2, 0.25) is 0 Å². The largest absolute Gasteiger partial charge is 0.477 e. The van der Waals surface area contributed by atoms with E-state index in [0.717, 1.165) is 32.5 Å². The molecule has 1 aliphatic rings. The zero-order valence-electron chi connectivity index (χ0n) is 18.6. The first-order chi connectivity index (χ1) is 15.5. The number of halogens is 1. The molecule has 0 aromatic carbocycles. The average Bonchev–Trinajstić information content (AvgIpc) is 3.15. The van der Waals surface area contributed by atoms with E-state index in [0.29, 0.717) is 29.9 Å². The molecule has 2 N–H and O–H groups in total. The molecule has 0 spiro atoms. The first-order valence-electron chi connectivity index (χ1n) is 10.8. The number of pyridine rings is 1. The van der Waals surface area contributed by atoms with Gasteiger partial charge < -0.3 is 24.7 Å². The second kappa shape index (κ2) is 9.47. The van der Waals surface area contributed by atoms with Gasteiger partial charge in [0, 0.05) is 37.7 Å². The summed E-state index contributed by atoms with van der Waals surface area (Å²) in [6.45, 7) is 6.61. The number of carbonyl (C=O) groups is 1. The van der Waals surface area contributed by atoms with E-state index in [4.69, 9.17) is 4.74 Å². The standard InChI is InChI=1S/C22H28FN7O2/c1-4-32-21-17(10-25-22(28-21)29-7-5-6-15(12-29)9-24-3)20(31)27-16-8-18(23)19-26-14(2)11-30(19)13-16/h8,10-11,13,15,24H,4-7,9,12H2,1-3H3,(H,27,31). The molecule has 1 aliphatic heterocycles. The Kier molecular flexibility index (Phi) is 6.50. The lowest BCUT2D eigenvalue weighted by atomic mass is 9.98. The molecule has 3 aromatic heterocycles. The molecule has 0 bridgehead atoms. The van der Waals surface area contributed by atoms with E-state index in [1.807, 2.05) is 14.0 Å². The highest BCUT2D eigenvalue weighted by Gasteiger charge is 2.24. The second-order valence-corrected chi connectivity index (χ2v) is 7.98. The van der Waals surface area contributed by atoms with Gasteiger partial charge >= 0.3 is 0 Å². The lowest BCUT2D eigenvalue weighted by Gasteiger charge is -2.32. The fraction of sp³-hybridized carbons (Fsp3) is 0.455. The van der Waals surface area contributed by atoms with Crippen molar-refractivity contribution in [3.8, 4) is 5.88 Å². The van der Waals surface area contributed by atoms with Crippen LogP contribution in [0.25, 0.3) is 5.65 Å². The Hall–Kier alpha value is -3.27. The molecule has 1 unspecified atom stereocenters. The fourth-order valence-corrected chi connectivity index (χ4v) is 4.06. The number of ether oxygens (including phenoxy) is 1. The van der Waals surface area contributed by atoms with Crippen molar-refractivity contribution in [2.24, 2.45) is 5.92 Å². The quantitative estimate of drug-likeness (QED) is 0.582. The van der Waals surface area contributed by atoms with Crippen molar-refractivity contribution in [3.63, 3.8) is 0 Å². The SMILES string of the molecule is CCOc1nc(N2CCCC(CNC)C2)ncc1C(=O)Nc1cc(F)c2nc(C)cn2c1. The number of carbonyl (C=O) groups excluding carboxylic acids is 1. The molecule has 4 heterocycles. The molecular weight excluding hydrogens is 413 g/mol. The first kappa shape index (κ1) is 21.9. The molecule has 32 heavy (non-hydrogen) atoms. The maximum absolute atomic E-state index is 14.4. The van der Waals surface area contributed by atoms with Crippen LogP contribution in [0.4, 0.5) is 16.0 Å². The van der Waals surface area contributed by atoms with Crippen molar-refractivity contribution in [1.29, 1.82) is 0 Å². The van der Waals surface area contributed by atoms with E-state index in [-0.39, 0.29) is 17.1 Å². The van der Waals surface area contributed by atoms with Gasteiger partial charge in [-0.05, 0) is 46.2 Å². The lowest BCUT2D eigenvalue weighted by Crippen LogP contribution is -2.40. The Morgan fingerprint density at radius 1 is 1.34 bits per heavy atom. The van der Waals surface area contributed by atoms with Crippen LogP contribution in [0.5, 0.6) is 5.88 Å². The summed E-state index contributed by atoms with van der Waals surface area (Å²) in [6.07, 6.45) is 7.00. The first-order valence-corrected chi connectivity index (χ1v) is 10.8. The minimum atomic E-state index is -0.520. The van der Waals surface area contributed by atoms with Crippen LogP contribution in [-0.4, -0.2) is 58.5 Å². The number of aromatic nitrogens is 4. The molecule has 170 valence electrons. The Labute approximate surface area is 186 Å². The van der Waals surface area contributed by atoms with Crippen LogP contribution in [0.1, 0.15) is 35.8 Å². The monoisotopic (exact) mass is 441 g/mol. The Morgan fingerprint density at radius 2 is 2.19 bits per heavy atom. The smallest absolute Gasteiger partial charge is 0.262 e. The van der Waals surface area contributed by atoms with Crippen LogP contribution in [0.3, 0.4) is 0 Å². The van der Waals surface area contributed by atoms with Gasteiger partial charge in [-0.15, -0.1) is 0 Å². The molecule has 0 aliphatic carbocycles. The molecule has 1 saturated heterocycles. The molecule has 4 rings (SSSR count). The van der Waals surface area contributed by atoms with Crippen molar-refractivity contribution >= 4 is 23.2 Å². The summed E-state index contributed by atoms with van der Waals surface area (Å²) in [5.41, 5.74) is 1.39. The Balaban J connectivity index is 1.56. The van der Waals surface area contributed by atoms with E-state index in [2.05, 4.69) is 30.5 Å². The number of amides is 1. The summed E-state index contributed by atoms with van der Waals surface area (Å²) in [5.74, 6) is 0.293. The molecule has 0 saturated carbocycles. The summed E-state index contributed by atoms with van der Waals surface area (Å²) in [7, 11) is 1.95. The Bertz CT molecular complexity index is 1120. The summed E-state index contributed by atoms with van der Waals surface area (Å²) < 4.78 is 21.6. The highest BCUT2D eigenvalue weighted by molar-refractivity contribution is 6.05. The molecule has 3 aromatic rings. The number of piperidine rings is 1. The van der Waals surface area contributed by atoms with Gasteiger partial charge in [-0.2, -0.15) is 4.98 Å². The number of fused-ring (bicyclic) bond motifs is 1. The van der Waals surface area contributed by atoms with E-state index < -0.39 is 11.7 Å². The van der Waals surface area contributed by atoms with Crippen LogP contribution in [0.15, 0.2) is 24.7 Å². The number of aryl methyl sites for hydroxylation is 1. The van der Waals surface area contributed by atoms with E-state index >= 15 is 0 Å². The van der Waals surface area contributed by atoms with Gasteiger partial charge in [0.05, 0.1) is 18.0 Å². The third kappa shape index (κ3) is 4.64. The van der Waals surface area contributed by atoms with Gasteiger partial charge in [-0.1, -0.05) is 0 Å². The molecule has 1 amide bonds. The van der Waals surface area contributed by atoms with Crippen molar-refractivity contribution in [2.75, 3.05) is 43.5 Å². The minimum Gasteiger partial charge on any atom is -0.477 e. The number of hydrogen-bond donors (Lipinski definition) is 2. The van der Waals surface area contributed by atoms with Gasteiger partial charge in [-0.25, -0.2) is 14.4 Å². The normalized spacial score (nSPS) is 16.4. The van der Waals surface area contributed by atoms with Crippen LogP contribution in [-0.2, 0) is 0 Å². The Morgan fingerprint density at radius 3 is 2.97 bits per heavy atom. The highest BCUT2D eigenvalue weighted by Crippen LogP contribution is 2.25. The highest BCUT2D eigenvalue weighted by atomic mass is 19.1. The minimum absolute atomic E-state index is 0.196. The molecular formula is C22H28FN7O2. The van der Waals surface area contributed by atoms with Crippen molar-refractivity contribution in [3.05, 3.63) is 41.7 Å². The molecule has 9 nitrogen and oxygen atoms in total. The van der Waals surface area contributed by atoms with Gasteiger partial charge in [0.15, 0.2) is 11.5 Å². The van der Waals surface area contributed by atoms with E-state index in [9.17, 15) is 9.18 Å². The average molecular weight is 442 g/mol. The maximum atomic E-state index is 14.4. The number of imidazole rings is 1. The number of rotatable bonds is 7. The van der Waals surface area contributed by atoms with Gasteiger partial charge in [-0.3, -0.25) is 4.79 Å². The summed E-state index contributed by atoms with van der Waals surface area (Å²) in [5, 5.41) is 5.94. The van der Waals surface area contributed by atoms with Crippen LogP contribution in [0, 0.1) is 18.7 Å². The van der Waals surface area contributed by atoms with Crippen molar-refractivity contribution in [2.45, 2.75) is 26.7 Å².